The highest BCUT2D eigenvalue weighted by atomic mass is 35.5. The van der Waals surface area contributed by atoms with Gasteiger partial charge in [-0.05, 0) is 11.6 Å². The zero-order valence-corrected chi connectivity index (χ0v) is 10.3. The maximum Gasteiger partial charge on any atom is 0.315 e. The molecule has 0 bridgehead atoms. The zero-order chi connectivity index (χ0) is 12.1. The standard InChI is InChI=1S/C12H16ClN3O/c13-11-4-2-1-3-10(11)8-16-12(17)15-7-9-5-14-6-9/h1-4,9,14H,5-8H2,(H2,15,16,17). The van der Waals surface area contributed by atoms with Crippen LogP contribution in [-0.4, -0.2) is 25.7 Å². The predicted octanol–water partition coefficient (Wildman–Crippen LogP) is 1.36. The van der Waals surface area contributed by atoms with Gasteiger partial charge in [0.1, 0.15) is 0 Å². The number of carbonyl (C=O) groups is 1. The first kappa shape index (κ1) is 12.2. The van der Waals surface area contributed by atoms with E-state index >= 15 is 0 Å². The molecule has 2 amide bonds. The number of urea groups is 1. The van der Waals surface area contributed by atoms with E-state index in [1.165, 1.54) is 0 Å². The second-order valence-corrected chi connectivity index (χ2v) is 4.59. The molecule has 5 heteroatoms. The molecule has 1 aliphatic rings. The van der Waals surface area contributed by atoms with E-state index in [4.69, 9.17) is 11.6 Å². The minimum absolute atomic E-state index is 0.142. The molecule has 1 aromatic carbocycles. The number of halogens is 1. The fourth-order valence-electron chi connectivity index (χ4n) is 1.61. The topological polar surface area (TPSA) is 53.2 Å². The first-order valence-electron chi connectivity index (χ1n) is 5.71. The fourth-order valence-corrected chi connectivity index (χ4v) is 1.81. The summed E-state index contributed by atoms with van der Waals surface area (Å²) in [6.07, 6.45) is 0. The fraction of sp³-hybridized carbons (Fsp3) is 0.417. The van der Waals surface area contributed by atoms with Crippen molar-refractivity contribution >= 4 is 17.6 Å². The van der Waals surface area contributed by atoms with Crippen molar-refractivity contribution in [2.24, 2.45) is 5.92 Å². The summed E-state index contributed by atoms with van der Waals surface area (Å²) >= 11 is 5.99. The third kappa shape index (κ3) is 3.61. The molecular formula is C12H16ClN3O. The molecule has 0 aromatic heterocycles. The van der Waals surface area contributed by atoms with Crippen molar-refractivity contribution in [3.63, 3.8) is 0 Å². The summed E-state index contributed by atoms with van der Waals surface area (Å²) in [5, 5.41) is 9.47. The zero-order valence-electron chi connectivity index (χ0n) is 9.50. The average molecular weight is 254 g/mol. The van der Waals surface area contributed by atoms with Gasteiger partial charge in [0.2, 0.25) is 0 Å². The Morgan fingerprint density at radius 3 is 2.76 bits per heavy atom. The van der Waals surface area contributed by atoms with Crippen LogP contribution in [0.4, 0.5) is 4.79 Å². The summed E-state index contributed by atoms with van der Waals surface area (Å²) in [7, 11) is 0. The van der Waals surface area contributed by atoms with Gasteiger partial charge < -0.3 is 16.0 Å². The van der Waals surface area contributed by atoms with E-state index in [-0.39, 0.29) is 6.03 Å². The highest BCUT2D eigenvalue weighted by Crippen LogP contribution is 2.14. The largest absolute Gasteiger partial charge is 0.338 e. The Labute approximate surface area is 106 Å². The molecule has 17 heavy (non-hydrogen) atoms. The number of amides is 2. The number of nitrogens with one attached hydrogen (secondary N) is 3. The Bertz CT molecular complexity index is 393. The molecule has 4 nitrogen and oxygen atoms in total. The minimum Gasteiger partial charge on any atom is -0.338 e. The number of hydrogen-bond acceptors (Lipinski definition) is 2. The summed E-state index contributed by atoms with van der Waals surface area (Å²) in [5.41, 5.74) is 0.926. The van der Waals surface area contributed by atoms with Crippen molar-refractivity contribution < 1.29 is 4.79 Å². The van der Waals surface area contributed by atoms with Crippen LogP contribution in [0.2, 0.25) is 5.02 Å². The Morgan fingerprint density at radius 1 is 1.35 bits per heavy atom. The summed E-state index contributed by atoms with van der Waals surface area (Å²) in [6.45, 7) is 3.16. The minimum atomic E-state index is -0.142. The van der Waals surface area contributed by atoms with Gasteiger partial charge in [-0.15, -0.1) is 0 Å². The van der Waals surface area contributed by atoms with Gasteiger partial charge in [-0.1, -0.05) is 29.8 Å². The second-order valence-electron chi connectivity index (χ2n) is 4.18. The third-order valence-corrected chi connectivity index (χ3v) is 3.18. The predicted molar refractivity (Wildman–Crippen MR) is 68.1 cm³/mol. The van der Waals surface area contributed by atoms with Crippen LogP contribution in [0.3, 0.4) is 0 Å². The van der Waals surface area contributed by atoms with Crippen LogP contribution in [-0.2, 0) is 6.54 Å². The SMILES string of the molecule is O=C(NCc1ccccc1Cl)NCC1CNC1. The van der Waals surface area contributed by atoms with Crippen molar-refractivity contribution in [2.75, 3.05) is 19.6 Å². The lowest BCUT2D eigenvalue weighted by Gasteiger charge is -2.27. The van der Waals surface area contributed by atoms with Crippen LogP contribution in [0, 0.1) is 5.92 Å². The van der Waals surface area contributed by atoms with Gasteiger partial charge in [-0.25, -0.2) is 4.79 Å². The van der Waals surface area contributed by atoms with Gasteiger partial charge >= 0.3 is 6.03 Å². The van der Waals surface area contributed by atoms with E-state index in [1.807, 2.05) is 24.3 Å². The van der Waals surface area contributed by atoms with Crippen LogP contribution in [0.15, 0.2) is 24.3 Å². The maximum atomic E-state index is 11.5. The van der Waals surface area contributed by atoms with Crippen molar-refractivity contribution in [1.82, 2.24) is 16.0 Å². The average Bonchev–Trinajstić information content (AvgIpc) is 2.26. The molecule has 1 saturated heterocycles. The van der Waals surface area contributed by atoms with Crippen LogP contribution >= 0.6 is 11.6 Å². The van der Waals surface area contributed by atoms with E-state index < -0.39 is 0 Å². The van der Waals surface area contributed by atoms with Crippen molar-refractivity contribution in [2.45, 2.75) is 6.54 Å². The van der Waals surface area contributed by atoms with Crippen LogP contribution in [0.25, 0.3) is 0 Å². The Kier molecular flexibility index (Phi) is 4.23. The van der Waals surface area contributed by atoms with Crippen LogP contribution < -0.4 is 16.0 Å². The quantitative estimate of drug-likeness (QED) is 0.759. The molecule has 1 aromatic rings. The smallest absolute Gasteiger partial charge is 0.315 e. The summed E-state index contributed by atoms with van der Waals surface area (Å²) in [5.74, 6) is 0.570. The number of benzene rings is 1. The monoisotopic (exact) mass is 253 g/mol. The molecule has 0 unspecified atom stereocenters. The maximum absolute atomic E-state index is 11.5. The van der Waals surface area contributed by atoms with Crippen molar-refractivity contribution in [3.05, 3.63) is 34.9 Å². The molecule has 0 spiro atoms. The molecule has 3 N–H and O–H groups in total. The van der Waals surface area contributed by atoms with Gasteiger partial charge in [0.25, 0.3) is 0 Å². The molecule has 1 fully saturated rings. The molecule has 92 valence electrons. The number of rotatable bonds is 4. The van der Waals surface area contributed by atoms with Gasteiger partial charge in [0.15, 0.2) is 0 Å². The molecule has 2 rings (SSSR count). The molecule has 0 aliphatic carbocycles. The third-order valence-electron chi connectivity index (χ3n) is 2.81. The lowest BCUT2D eigenvalue weighted by atomic mass is 10.0. The molecule has 0 atom stereocenters. The van der Waals surface area contributed by atoms with E-state index in [1.54, 1.807) is 0 Å². The molecule has 0 radical (unpaired) electrons. The lowest BCUT2D eigenvalue weighted by Crippen LogP contribution is -2.49. The highest BCUT2D eigenvalue weighted by Gasteiger charge is 2.16. The second kappa shape index (κ2) is 5.89. The van der Waals surface area contributed by atoms with Gasteiger partial charge in [0, 0.05) is 37.1 Å². The van der Waals surface area contributed by atoms with Gasteiger partial charge in [0.05, 0.1) is 0 Å². The molecule has 1 heterocycles. The van der Waals surface area contributed by atoms with E-state index in [2.05, 4.69) is 16.0 Å². The Hall–Kier alpha value is -1.26. The summed E-state index contributed by atoms with van der Waals surface area (Å²) in [6, 6.07) is 7.35. The van der Waals surface area contributed by atoms with E-state index in [0.717, 1.165) is 25.2 Å². The first-order valence-corrected chi connectivity index (χ1v) is 6.09. The Balaban J connectivity index is 1.70. The molecular weight excluding hydrogens is 238 g/mol. The summed E-state index contributed by atoms with van der Waals surface area (Å²) in [4.78, 5) is 11.5. The number of carbonyl (C=O) groups excluding carboxylic acids is 1. The molecule has 1 aliphatic heterocycles. The first-order chi connectivity index (χ1) is 8.25. The van der Waals surface area contributed by atoms with Gasteiger partial charge in [-0.2, -0.15) is 0 Å². The normalized spacial score (nSPS) is 15.1. The molecule has 0 saturated carbocycles. The van der Waals surface area contributed by atoms with Crippen molar-refractivity contribution in [1.29, 1.82) is 0 Å². The van der Waals surface area contributed by atoms with Crippen LogP contribution in [0.1, 0.15) is 5.56 Å². The van der Waals surface area contributed by atoms with E-state index in [9.17, 15) is 4.79 Å². The van der Waals surface area contributed by atoms with Gasteiger partial charge in [-0.3, -0.25) is 0 Å². The Morgan fingerprint density at radius 2 is 2.12 bits per heavy atom. The van der Waals surface area contributed by atoms with Crippen molar-refractivity contribution in [3.8, 4) is 0 Å². The highest BCUT2D eigenvalue weighted by molar-refractivity contribution is 6.31. The van der Waals surface area contributed by atoms with E-state index in [0.29, 0.717) is 17.5 Å². The lowest BCUT2D eigenvalue weighted by molar-refractivity contribution is 0.235. The number of hydrogen-bond donors (Lipinski definition) is 3. The summed E-state index contributed by atoms with van der Waals surface area (Å²) < 4.78 is 0. The van der Waals surface area contributed by atoms with Crippen LogP contribution in [0.5, 0.6) is 0 Å².